The van der Waals surface area contributed by atoms with E-state index in [0.717, 1.165) is 23.7 Å². The number of benzene rings is 4. The second-order valence-electron chi connectivity index (χ2n) is 7.25. The fraction of sp³-hybridized carbons (Fsp3) is 0.0769. The second-order valence-corrected chi connectivity index (χ2v) is 11.3. The molecule has 29 heavy (non-hydrogen) atoms. The van der Waals surface area contributed by atoms with Gasteiger partial charge in [0.1, 0.15) is 0 Å². The molecule has 3 heteroatoms. The lowest BCUT2D eigenvalue weighted by Gasteiger charge is -2.34. The van der Waals surface area contributed by atoms with Crippen LogP contribution in [0.3, 0.4) is 0 Å². The summed E-state index contributed by atoms with van der Waals surface area (Å²) in [4.78, 5) is 0. The van der Waals surface area contributed by atoms with Gasteiger partial charge in [-0.05, 0) is 24.3 Å². The third-order valence-electron chi connectivity index (χ3n) is 5.39. The van der Waals surface area contributed by atoms with E-state index in [1.165, 1.54) is 10.4 Å². The number of anilines is 2. The minimum Gasteiger partial charge on any atom is -0.387 e. The number of rotatable bonds is 8. The smallest absolute Gasteiger partial charge is 0.156 e. The molecular weight excluding hydrogens is 368 g/mol. The Morgan fingerprint density at radius 1 is 0.414 bits per heavy atom. The molecule has 0 aliphatic carbocycles. The van der Waals surface area contributed by atoms with Gasteiger partial charge in [-0.1, -0.05) is 107 Å². The van der Waals surface area contributed by atoms with Gasteiger partial charge in [-0.2, -0.15) is 0 Å². The molecule has 2 nitrogen and oxygen atoms in total. The van der Waals surface area contributed by atoms with E-state index < -0.39 is 8.07 Å². The maximum absolute atomic E-state index is 3.74. The van der Waals surface area contributed by atoms with Crippen LogP contribution in [0.15, 0.2) is 121 Å². The predicted octanol–water partition coefficient (Wildman–Crippen LogP) is 4.55. The van der Waals surface area contributed by atoms with Crippen LogP contribution in [-0.4, -0.2) is 20.4 Å². The van der Waals surface area contributed by atoms with E-state index in [1.807, 2.05) is 0 Å². The summed E-state index contributed by atoms with van der Waals surface area (Å²) in [7, 11) is -2.14. The molecule has 2 N–H and O–H groups in total. The zero-order chi connectivity index (χ0) is 19.8. The summed E-state index contributed by atoms with van der Waals surface area (Å²) in [5.74, 6) is 0. The second kappa shape index (κ2) is 9.26. The lowest BCUT2D eigenvalue weighted by atomic mass is 10.3. The molecule has 0 unspecified atom stereocenters. The van der Waals surface area contributed by atoms with Crippen molar-refractivity contribution >= 4 is 29.8 Å². The van der Waals surface area contributed by atoms with E-state index in [-0.39, 0.29) is 0 Å². The first-order chi connectivity index (χ1) is 14.4. The van der Waals surface area contributed by atoms with Gasteiger partial charge in [-0.3, -0.25) is 0 Å². The summed E-state index contributed by atoms with van der Waals surface area (Å²) >= 11 is 0. The van der Waals surface area contributed by atoms with E-state index in [4.69, 9.17) is 0 Å². The lowest BCUT2D eigenvalue weighted by Crippen LogP contribution is -2.67. The predicted molar refractivity (Wildman–Crippen MR) is 128 cm³/mol. The maximum atomic E-state index is 3.74. The van der Waals surface area contributed by atoms with Crippen LogP contribution in [-0.2, 0) is 0 Å². The Balaban J connectivity index is 1.73. The van der Waals surface area contributed by atoms with E-state index in [0.29, 0.717) is 0 Å². The Hall–Kier alpha value is -3.30. The summed E-state index contributed by atoms with van der Waals surface area (Å²) in [5, 5.41) is 10.3. The van der Waals surface area contributed by atoms with Crippen molar-refractivity contribution in [3.63, 3.8) is 0 Å². The quantitative estimate of drug-likeness (QED) is 0.428. The number of hydrogen-bond acceptors (Lipinski definition) is 2. The molecule has 0 saturated carbocycles. The van der Waals surface area contributed by atoms with E-state index >= 15 is 0 Å². The van der Waals surface area contributed by atoms with Crippen molar-refractivity contribution in [2.45, 2.75) is 0 Å². The average molecular weight is 395 g/mol. The molecule has 0 radical (unpaired) electrons. The molecule has 0 aromatic heterocycles. The van der Waals surface area contributed by atoms with Crippen LogP contribution in [0.1, 0.15) is 0 Å². The molecule has 4 rings (SSSR count). The van der Waals surface area contributed by atoms with Crippen molar-refractivity contribution in [1.29, 1.82) is 0 Å². The maximum Gasteiger partial charge on any atom is 0.156 e. The normalized spacial score (nSPS) is 11.0. The monoisotopic (exact) mass is 394 g/mol. The Labute approximate surface area is 174 Å². The zero-order valence-electron chi connectivity index (χ0n) is 16.5. The molecule has 0 atom stereocenters. The number of nitrogens with one attached hydrogen (secondary N) is 2. The van der Waals surface area contributed by atoms with E-state index in [1.54, 1.807) is 0 Å². The topological polar surface area (TPSA) is 24.1 Å². The van der Waals surface area contributed by atoms with Crippen molar-refractivity contribution < 1.29 is 0 Å². The summed E-state index contributed by atoms with van der Waals surface area (Å²) < 4.78 is 0. The molecule has 0 aliphatic heterocycles. The van der Waals surface area contributed by atoms with Crippen molar-refractivity contribution in [3.05, 3.63) is 121 Å². The first-order valence-electron chi connectivity index (χ1n) is 10.1. The standard InChI is InChI=1S/C26H26N2Si/c1-5-13-23(14-6-1)27-21-29(25-17-9-3-10-18-25,26-19-11-4-12-20-26)22-28-24-15-7-2-8-16-24/h1-20,27-28H,21-22H2. The summed E-state index contributed by atoms with van der Waals surface area (Å²) in [6.45, 7) is 0. The van der Waals surface area contributed by atoms with Crippen molar-refractivity contribution in [2.75, 3.05) is 23.0 Å². The van der Waals surface area contributed by atoms with Crippen LogP contribution in [0, 0.1) is 0 Å². The molecule has 0 fully saturated rings. The van der Waals surface area contributed by atoms with Crippen LogP contribution in [0.25, 0.3) is 0 Å². The Kier molecular flexibility index (Phi) is 6.08. The summed E-state index contributed by atoms with van der Waals surface area (Å²) in [6, 6.07) is 43.0. The van der Waals surface area contributed by atoms with Gasteiger partial charge in [-0.25, -0.2) is 0 Å². The highest BCUT2D eigenvalue weighted by molar-refractivity contribution is 7.03. The third kappa shape index (κ3) is 4.58. The van der Waals surface area contributed by atoms with Crippen molar-refractivity contribution in [2.24, 2.45) is 0 Å². The van der Waals surface area contributed by atoms with Gasteiger partial charge in [-0.15, -0.1) is 0 Å². The zero-order valence-corrected chi connectivity index (χ0v) is 17.5. The largest absolute Gasteiger partial charge is 0.387 e. The van der Waals surface area contributed by atoms with Gasteiger partial charge < -0.3 is 10.6 Å². The van der Waals surface area contributed by atoms with Crippen LogP contribution < -0.4 is 21.0 Å². The highest BCUT2D eigenvalue weighted by atomic mass is 28.3. The Morgan fingerprint density at radius 2 is 0.724 bits per heavy atom. The van der Waals surface area contributed by atoms with Crippen molar-refractivity contribution in [1.82, 2.24) is 0 Å². The summed E-state index contributed by atoms with van der Waals surface area (Å²) in [6.07, 6.45) is 1.84. The van der Waals surface area contributed by atoms with Crippen molar-refractivity contribution in [3.8, 4) is 0 Å². The fourth-order valence-corrected chi connectivity index (χ4v) is 7.72. The molecule has 0 spiro atoms. The van der Waals surface area contributed by atoms with Crippen LogP contribution in [0.2, 0.25) is 0 Å². The fourth-order valence-electron chi connectivity index (χ4n) is 3.77. The molecule has 144 valence electrons. The Bertz CT molecular complexity index is 905. The molecule has 4 aromatic rings. The molecule has 0 aliphatic rings. The third-order valence-corrected chi connectivity index (χ3v) is 9.83. The SMILES string of the molecule is c1ccc(NC[Si](CNc2ccccc2)(c2ccccc2)c2ccccc2)cc1. The lowest BCUT2D eigenvalue weighted by molar-refractivity contribution is 1.31. The van der Waals surface area contributed by atoms with Gasteiger partial charge >= 0.3 is 0 Å². The van der Waals surface area contributed by atoms with E-state index in [2.05, 4.69) is 132 Å². The van der Waals surface area contributed by atoms with Gasteiger partial charge in [0.25, 0.3) is 0 Å². The highest BCUT2D eigenvalue weighted by Crippen LogP contribution is 2.13. The minimum atomic E-state index is -2.14. The molecule has 4 aromatic carbocycles. The van der Waals surface area contributed by atoms with E-state index in [9.17, 15) is 0 Å². The van der Waals surface area contributed by atoms with Gasteiger partial charge in [0.05, 0.1) is 0 Å². The molecule has 0 saturated heterocycles. The van der Waals surface area contributed by atoms with Crippen LogP contribution in [0.5, 0.6) is 0 Å². The molecular formula is C26H26N2Si. The molecule has 0 bridgehead atoms. The average Bonchev–Trinajstić information content (AvgIpc) is 2.82. The Morgan fingerprint density at radius 3 is 1.07 bits per heavy atom. The van der Waals surface area contributed by atoms with Gasteiger partial charge in [0.2, 0.25) is 0 Å². The first-order valence-corrected chi connectivity index (χ1v) is 12.5. The molecule has 0 amide bonds. The highest BCUT2D eigenvalue weighted by Gasteiger charge is 2.37. The molecule has 0 heterocycles. The number of para-hydroxylation sites is 2. The van der Waals surface area contributed by atoms with Gasteiger partial charge in [0, 0.05) is 23.7 Å². The van der Waals surface area contributed by atoms with Crippen LogP contribution in [0.4, 0.5) is 11.4 Å². The summed E-state index contributed by atoms with van der Waals surface area (Å²) in [5.41, 5.74) is 2.33. The minimum absolute atomic E-state index is 0.922. The number of hydrogen-bond donors (Lipinski definition) is 2. The van der Waals surface area contributed by atoms with Gasteiger partial charge in [0.15, 0.2) is 8.07 Å². The van der Waals surface area contributed by atoms with Crippen LogP contribution >= 0.6 is 0 Å². The first kappa shape index (κ1) is 19.0.